The van der Waals surface area contributed by atoms with Crippen molar-refractivity contribution in [3.8, 4) is 0 Å². The van der Waals surface area contributed by atoms with Crippen molar-refractivity contribution < 1.29 is 4.79 Å². The van der Waals surface area contributed by atoms with Gasteiger partial charge in [-0.3, -0.25) is 4.79 Å². The third-order valence-electron chi connectivity index (χ3n) is 3.26. The smallest absolute Gasteiger partial charge is 0.223 e. The molecule has 1 heterocycles. The van der Waals surface area contributed by atoms with Crippen LogP contribution in [0.15, 0.2) is 18.2 Å². The summed E-state index contributed by atoms with van der Waals surface area (Å²) >= 11 is 0. The van der Waals surface area contributed by atoms with Crippen LogP contribution in [-0.4, -0.2) is 38.0 Å². The van der Waals surface area contributed by atoms with Crippen LogP contribution in [0.3, 0.4) is 0 Å². The number of carbonyl (C=O) groups excluding carboxylic acids is 1. The van der Waals surface area contributed by atoms with Crippen LogP contribution in [0.25, 0.3) is 0 Å². The second-order valence-corrected chi connectivity index (χ2v) is 4.84. The maximum absolute atomic E-state index is 11.4. The van der Waals surface area contributed by atoms with Gasteiger partial charge in [0.15, 0.2) is 0 Å². The highest BCUT2D eigenvalue weighted by Crippen LogP contribution is 2.25. The third-order valence-corrected chi connectivity index (χ3v) is 3.26. The van der Waals surface area contributed by atoms with Gasteiger partial charge >= 0.3 is 0 Å². The molecule has 4 nitrogen and oxygen atoms in total. The maximum atomic E-state index is 11.4. The molecule has 5 heteroatoms. The SMILES string of the molecule is CN(C)C(=O)CCNCc1cccc2c1NCC2.Cl. The number of anilines is 1. The largest absolute Gasteiger partial charge is 0.384 e. The van der Waals surface area contributed by atoms with Gasteiger partial charge in [-0.15, -0.1) is 12.4 Å². The summed E-state index contributed by atoms with van der Waals surface area (Å²) in [5, 5.41) is 6.75. The molecule has 0 atom stereocenters. The number of amides is 1. The van der Waals surface area contributed by atoms with Gasteiger partial charge < -0.3 is 15.5 Å². The normalized spacial score (nSPS) is 12.3. The van der Waals surface area contributed by atoms with Crippen molar-refractivity contribution in [2.75, 3.05) is 32.5 Å². The van der Waals surface area contributed by atoms with Crippen molar-refractivity contribution in [3.05, 3.63) is 29.3 Å². The Kier molecular flexibility index (Phi) is 6.12. The second-order valence-electron chi connectivity index (χ2n) is 4.84. The number of fused-ring (bicyclic) bond motifs is 1. The minimum atomic E-state index is 0. The summed E-state index contributed by atoms with van der Waals surface area (Å²) in [6.45, 7) is 2.57. The number of para-hydroxylation sites is 1. The summed E-state index contributed by atoms with van der Waals surface area (Å²) in [5.74, 6) is 0.166. The first-order valence-corrected chi connectivity index (χ1v) is 6.44. The molecule has 1 aliphatic rings. The summed E-state index contributed by atoms with van der Waals surface area (Å²) < 4.78 is 0. The Bertz CT molecular complexity index is 435. The van der Waals surface area contributed by atoms with E-state index in [1.165, 1.54) is 16.8 Å². The fourth-order valence-corrected chi connectivity index (χ4v) is 2.20. The van der Waals surface area contributed by atoms with E-state index in [1.807, 2.05) is 0 Å². The van der Waals surface area contributed by atoms with Gasteiger partial charge in [0.2, 0.25) is 5.91 Å². The third kappa shape index (κ3) is 4.11. The minimum Gasteiger partial charge on any atom is -0.384 e. The molecule has 1 aliphatic heterocycles. The number of hydrogen-bond donors (Lipinski definition) is 2. The molecule has 1 amide bonds. The zero-order chi connectivity index (χ0) is 13.0. The number of benzene rings is 1. The topological polar surface area (TPSA) is 44.4 Å². The van der Waals surface area contributed by atoms with Crippen LogP contribution >= 0.6 is 12.4 Å². The van der Waals surface area contributed by atoms with Gasteiger partial charge in [0.05, 0.1) is 0 Å². The van der Waals surface area contributed by atoms with E-state index in [9.17, 15) is 4.79 Å². The van der Waals surface area contributed by atoms with Crippen LogP contribution < -0.4 is 10.6 Å². The fourth-order valence-electron chi connectivity index (χ4n) is 2.20. The molecule has 0 spiro atoms. The van der Waals surface area contributed by atoms with E-state index in [1.54, 1.807) is 19.0 Å². The molecule has 2 N–H and O–H groups in total. The molecule has 0 aliphatic carbocycles. The van der Waals surface area contributed by atoms with E-state index in [4.69, 9.17) is 0 Å². The summed E-state index contributed by atoms with van der Waals surface area (Å²) in [5.41, 5.74) is 3.98. The molecule has 1 aromatic rings. The molecule has 0 saturated heterocycles. The van der Waals surface area contributed by atoms with Gasteiger partial charge in [0, 0.05) is 45.8 Å². The first kappa shape index (κ1) is 15.8. The van der Waals surface area contributed by atoms with Crippen LogP contribution in [0.4, 0.5) is 5.69 Å². The molecule has 0 radical (unpaired) electrons. The van der Waals surface area contributed by atoms with Crippen LogP contribution in [-0.2, 0) is 17.8 Å². The van der Waals surface area contributed by atoms with Crippen molar-refractivity contribution in [2.24, 2.45) is 0 Å². The summed E-state index contributed by atoms with van der Waals surface area (Å²) in [6.07, 6.45) is 1.66. The molecule has 0 bridgehead atoms. The van der Waals surface area contributed by atoms with Crippen LogP contribution in [0, 0.1) is 0 Å². The molecule has 19 heavy (non-hydrogen) atoms. The average molecular weight is 284 g/mol. The minimum absolute atomic E-state index is 0. The zero-order valence-corrected chi connectivity index (χ0v) is 12.3. The molecule has 106 valence electrons. The number of nitrogens with zero attached hydrogens (tertiary/aromatic N) is 1. The monoisotopic (exact) mass is 283 g/mol. The molecular formula is C14H22ClN3O. The van der Waals surface area contributed by atoms with Crippen molar-refractivity contribution in [3.63, 3.8) is 0 Å². The molecule has 0 saturated carbocycles. The van der Waals surface area contributed by atoms with Gasteiger partial charge in [-0.2, -0.15) is 0 Å². The van der Waals surface area contributed by atoms with Crippen LogP contribution in [0.5, 0.6) is 0 Å². The van der Waals surface area contributed by atoms with Crippen LogP contribution in [0.1, 0.15) is 17.5 Å². The highest BCUT2D eigenvalue weighted by atomic mass is 35.5. The second kappa shape index (κ2) is 7.36. The van der Waals surface area contributed by atoms with Crippen molar-refractivity contribution in [2.45, 2.75) is 19.4 Å². The van der Waals surface area contributed by atoms with Gasteiger partial charge in [0.25, 0.3) is 0 Å². The van der Waals surface area contributed by atoms with Crippen molar-refractivity contribution in [1.29, 1.82) is 0 Å². The average Bonchev–Trinajstić information content (AvgIpc) is 2.83. The van der Waals surface area contributed by atoms with E-state index >= 15 is 0 Å². The molecule has 0 aromatic heterocycles. The Balaban J connectivity index is 0.00000180. The molecule has 2 rings (SSSR count). The fraction of sp³-hybridized carbons (Fsp3) is 0.500. The van der Waals surface area contributed by atoms with Gasteiger partial charge in [0.1, 0.15) is 0 Å². The lowest BCUT2D eigenvalue weighted by atomic mass is 10.1. The van der Waals surface area contributed by atoms with Gasteiger partial charge in [-0.1, -0.05) is 18.2 Å². The summed E-state index contributed by atoms with van der Waals surface area (Å²) in [4.78, 5) is 13.0. The number of rotatable bonds is 5. The first-order valence-electron chi connectivity index (χ1n) is 6.44. The van der Waals surface area contributed by atoms with E-state index < -0.39 is 0 Å². The number of carbonyl (C=O) groups is 1. The standard InChI is InChI=1S/C14H21N3O.ClH/c1-17(2)13(18)7-8-15-10-12-5-3-4-11-6-9-16-14(11)12;/h3-5,15-16H,6-10H2,1-2H3;1H. The molecule has 0 fully saturated rings. The Labute approximate surface area is 121 Å². The van der Waals surface area contributed by atoms with E-state index in [-0.39, 0.29) is 18.3 Å². The van der Waals surface area contributed by atoms with Crippen molar-refractivity contribution >= 4 is 24.0 Å². The Morgan fingerprint density at radius 3 is 2.95 bits per heavy atom. The lowest BCUT2D eigenvalue weighted by Gasteiger charge is -2.12. The quantitative estimate of drug-likeness (QED) is 0.808. The number of halogens is 1. The van der Waals surface area contributed by atoms with Gasteiger partial charge in [-0.05, 0) is 17.5 Å². The number of nitrogens with one attached hydrogen (secondary N) is 2. The van der Waals surface area contributed by atoms with E-state index in [2.05, 4.69) is 28.8 Å². The van der Waals surface area contributed by atoms with Gasteiger partial charge in [-0.25, -0.2) is 0 Å². The molecular weight excluding hydrogens is 262 g/mol. The highest BCUT2D eigenvalue weighted by molar-refractivity contribution is 5.85. The highest BCUT2D eigenvalue weighted by Gasteiger charge is 2.13. The Morgan fingerprint density at radius 1 is 1.42 bits per heavy atom. The maximum Gasteiger partial charge on any atom is 0.223 e. The Morgan fingerprint density at radius 2 is 2.21 bits per heavy atom. The summed E-state index contributed by atoms with van der Waals surface area (Å²) in [6, 6.07) is 6.42. The predicted molar refractivity (Wildman–Crippen MR) is 80.9 cm³/mol. The zero-order valence-electron chi connectivity index (χ0n) is 11.5. The predicted octanol–water partition coefficient (Wildman–Crippen LogP) is 1.64. The number of hydrogen-bond acceptors (Lipinski definition) is 3. The van der Waals surface area contributed by atoms with E-state index in [0.717, 1.165) is 26.1 Å². The molecule has 0 unspecified atom stereocenters. The Hall–Kier alpha value is -1.26. The van der Waals surface area contributed by atoms with Crippen LogP contribution in [0.2, 0.25) is 0 Å². The summed E-state index contributed by atoms with van der Waals surface area (Å²) in [7, 11) is 3.58. The lowest BCUT2D eigenvalue weighted by Crippen LogP contribution is -2.26. The lowest BCUT2D eigenvalue weighted by molar-refractivity contribution is -0.128. The van der Waals surface area contributed by atoms with E-state index in [0.29, 0.717) is 6.42 Å². The molecule has 1 aromatic carbocycles. The first-order chi connectivity index (χ1) is 8.68. The van der Waals surface area contributed by atoms with Crippen molar-refractivity contribution in [1.82, 2.24) is 10.2 Å².